The predicted octanol–water partition coefficient (Wildman–Crippen LogP) is 0.797. The minimum atomic E-state index is 0.0879. The maximum absolute atomic E-state index is 11.3. The van der Waals surface area contributed by atoms with Crippen LogP contribution in [0.15, 0.2) is 30.5 Å². The summed E-state index contributed by atoms with van der Waals surface area (Å²) in [6.07, 6.45) is 6.14. The number of carbonyl (C=O) groups is 1. The van der Waals surface area contributed by atoms with Gasteiger partial charge in [0.1, 0.15) is 0 Å². The molecule has 1 aromatic carbocycles. The predicted molar refractivity (Wildman–Crippen MR) is 65.7 cm³/mol. The second kappa shape index (κ2) is 2.92. The summed E-state index contributed by atoms with van der Waals surface area (Å²) in [7, 11) is 0. The van der Waals surface area contributed by atoms with Gasteiger partial charge in [0.25, 0.3) is 0 Å². The lowest BCUT2D eigenvalue weighted by Gasteiger charge is -1.98. The molecule has 1 aromatic heterocycles. The molecule has 2 nitrogen and oxygen atoms in total. The molecule has 0 atom stereocenters. The fourth-order valence-electron chi connectivity index (χ4n) is 2.67. The number of fused-ring (bicyclic) bond motifs is 4. The van der Waals surface area contributed by atoms with Gasteiger partial charge in [-0.15, -0.1) is 0 Å². The van der Waals surface area contributed by atoms with Crippen LogP contribution in [-0.4, -0.2) is 10.8 Å². The van der Waals surface area contributed by atoms with Crippen molar-refractivity contribution in [1.29, 1.82) is 0 Å². The molecule has 2 aromatic rings. The second-order valence-electron chi connectivity index (χ2n) is 4.52. The topological polar surface area (TPSA) is 30.0 Å². The number of pyridine rings is 1. The van der Waals surface area contributed by atoms with Crippen LogP contribution in [0.25, 0.3) is 23.4 Å². The van der Waals surface area contributed by atoms with Crippen LogP contribution in [0.1, 0.15) is 11.1 Å². The zero-order valence-electron chi connectivity index (χ0n) is 9.10. The highest BCUT2D eigenvalue weighted by molar-refractivity contribution is 6.26. The molecule has 80 valence electrons. The van der Waals surface area contributed by atoms with E-state index < -0.39 is 0 Å². The van der Waals surface area contributed by atoms with Gasteiger partial charge in [0.15, 0.2) is 5.78 Å². The largest absolute Gasteiger partial charge is 0.290 e. The zero-order valence-corrected chi connectivity index (χ0v) is 9.10. The molecule has 2 heteroatoms. The summed E-state index contributed by atoms with van der Waals surface area (Å²) >= 11 is 0. The second-order valence-corrected chi connectivity index (χ2v) is 4.52. The van der Waals surface area contributed by atoms with E-state index in [9.17, 15) is 4.79 Å². The van der Waals surface area contributed by atoms with Crippen LogP contribution in [0.2, 0.25) is 0 Å². The van der Waals surface area contributed by atoms with E-state index in [-0.39, 0.29) is 5.78 Å². The van der Waals surface area contributed by atoms with E-state index in [2.05, 4.69) is 23.2 Å². The fourth-order valence-corrected chi connectivity index (χ4v) is 2.67. The van der Waals surface area contributed by atoms with Gasteiger partial charge in [-0.05, 0) is 45.8 Å². The third-order valence-electron chi connectivity index (χ3n) is 3.43. The van der Waals surface area contributed by atoms with Gasteiger partial charge in [-0.1, -0.05) is 12.1 Å². The molecule has 2 aliphatic carbocycles. The van der Waals surface area contributed by atoms with Crippen molar-refractivity contribution >= 4 is 17.9 Å². The van der Waals surface area contributed by atoms with Crippen molar-refractivity contribution in [3.8, 4) is 11.3 Å². The Balaban J connectivity index is 2.09. The van der Waals surface area contributed by atoms with E-state index in [1.54, 1.807) is 12.2 Å². The Morgan fingerprint density at radius 1 is 1.06 bits per heavy atom. The van der Waals surface area contributed by atoms with Crippen LogP contribution in [0.5, 0.6) is 0 Å². The van der Waals surface area contributed by atoms with Crippen molar-refractivity contribution in [2.24, 2.45) is 0 Å². The van der Waals surface area contributed by atoms with Crippen molar-refractivity contribution in [1.82, 2.24) is 4.98 Å². The van der Waals surface area contributed by atoms with E-state index in [1.165, 1.54) is 16.7 Å². The smallest absolute Gasteiger partial charge is 0.179 e. The highest BCUT2D eigenvalue weighted by Crippen LogP contribution is 2.32. The summed E-state index contributed by atoms with van der Waals surface area (Å²) in [4.78, 5) is 15.8. The van der Waals surface area contributed by atoms with Crippen molar-refractivity contribution in [2.75, 3.05) is 0 Å². The van der Waals surface area contributed by atoms with E-state index in [0.717, 1.165) is 22.6 Å². The number of hydrogen-bond donors (Lipinski definition) is 0. The van der Waals surface area contributed by atoms with Gasteiger partial charge in [0, 0.05) is 18.2 Å². The van der Waals surface area contributed by atoms with E-state index in [4.69, 9.17) is 0 Å². The molecule has 0 unspecified atom stereocenters. The maximum Gasteiger partial charge on any atom is 0.179 e. The standard InChI is InChI=1S/C15H9NO/c17-13-6-10-5-12-4-9-2-1-3-16-15(9)14(12)8-11(10)7-13/h1-3,5-8H,4H2. The van der Waals surface area contributed by atoms with Gasteiger partial charge in [0.05, 0.1) is 5.69 Å². The number of nitrogens with zero attached hydrogens (tertiary/aromatic N) is 1. The molecular formula is C15H9NO. The minimum absolute atomic E-state index is 0.0879. The van der Waals surface area contributed by atoms with Crippen molar-refractivity contribution < 1.29 is 4.79 Å². The summed E-state index contributed by atoms with van der Waals surface area (Å²) in [5.41, 5.74) is 4.80. The molecule has 0 fully saturated rings. The van der Waals surface area contributed by atoms with Crippen LogP contribution in [0, 0.1) is 0 Å². The number of Topliss-reactive ketones (excluding diaryl/α,β-unsaturated/α-hetero) is 1. The molecule has 0 amide bonds. The summed E-state index contributed by atoms with van der Waals surface area (Å²) in [6.45, 7) is 0. The highest BCUT2D eigenvalue weighted by atomic mass is 16.1. The zero-order chi connectivity index (χ0) is 11.4. The van der Waals surface area contributed by atoms with E-state index >= 15 is 0 Å². The summed E-state index contributed by atoms with van der Waals surface area (Å²) in [5, 5.41) is 2.06. The van der Waals surface area contributed by atoms with Gasteiger partial charge < -0.3 is 0 Å². The molecule has 0 radical (unpaired) electrons. The maximum atomic E-state index is 11.3. The summed E-state index contributed by atoms with van der Waals surface area (Å²) in [5.74, 6) is 0.0879. The Hall–Kier alpha value is -2.22. The summed E-state index contributed by atoms with van der Waals surface area (Å²) < 4.78 is 0. The molecule has 17 heavy (non-hydrogen) atoms. The molecular weight excluding hydrogens is 210 g/mol. The minimum Gasteiger partial charge on any atom is -0.290 e. The molecule has 1 heterocycles. The Morgan fingerprint density at radius 2 is 1.88 bits per heavy atom. The Kier molecular flexibility index (Phi) is 1.52. The Bertz CT molecular complexity index is 787. The van der Waals surface area contributed by atoms with Crippen LogP contribution >= 0.6 is 0 Å². The molecule has 0 bridgehead atoms. The third kappa shape index (κ3) is 1.15. The fraction of sp³-hybridized carbons (Fsp3) is 0.0667. The number of aromatic nitrogens is 1. The van der Waals surface area contributed by atoms with E-state index in [1.807, 2.05) is 12.3 Å². The number of hydrogen-bond acceptors (Lipinski definition) is 2. The van der Waals surface area contributed by atoms with Crippen molar-refractivity contribution in [3.05, 3.63) is 52.0 Å². The van der Waals surface area contributed by atoms with Gasteiger partial charge in [0.2, 0.25) is 0 Å². The molecule has 2 aliphatic rings. The molecule has 0 saturated heterocycles. The molecule has 0 N–H and O–H groups in total. The van der Waals surface area contributed by atoms with Crippen LogP contribution < -0.4 is 10.4 Å². The van der Waals surface area contributed by atoms with E-state index in [0.29, 0.717) is 0 Å². The summed E-state index contributed by atoms with van der Waals surface area (Å²) in [6, 6.07) is 8.30. The molecule has 4 rings (SSSR count). The molecule has 0 saturated carbocycles. The van der Waals surface area contributed by atoms with Gasteiger partial charge in [-0.3, -0.25) is 9.78 Å². The lowest BCUT2D eigenvalue weighted by molar-refractivity contribution is -0.107. The van der Waals surface area contributed by atoms with Crippen LogP contribution in [0.4, 0.5) is 0 Å². The SMILES string of the molecule is O=C1C=c2cc3c(cc2=C1)-c1ncccc1C3. The first-order valence-electron chi connectivity index (χ1n) is 5.66. The normalized spacial score (nSPS) is 14.7. The highest BCUT2D eigenvalue weighted by Gasteiger charge is 2.19. The van der Waals surface area contributed by atoms with Gasteiger partial charge >= 0.3 is 0 Å². The number of rotatable bonds is 0. The number of ketones is 1. The average Bonchev–Trinajstić information content (AvgIpc) is 2.84. The van der Waals surface area contributed by atoms with Crippen LogP contribution in [-0.2, 0) is 11.2 Å². The van der Waals surface area contributed by atoms with Crippen molar-refractivity contribution in [3.63, 3.8) is 0 Å². The first-order valence-corrected chi connectivity index (χ1v) is 5.66. The molecule has 0 spiro atoms. The lowest BCUT2D eigenvalue weighted by Crippen LogP contribution is -2.21. The Labute approximate surface area is 97.9 Å². The monoisotopic (exact) mass is 219 g/mol. The lowest BCUT2D eigenvalue weighted by atomic mass is 10.1. The first-order chi connectivity index (χ1) is 8.31. The number of benzene rings is 1. The van der Waals surface area contributed by atoms with Crippen molar-refractivity contribution in [2.45, 2.75) is 6.42 Å². The van der Waals surface area contributed by atoms with Gasteiger partial charge in [-0.25, -0.2) is 0 Å². The molecule has 0 aliphatic heterocycles. The van der Waals surface area contributed by atoms with Gasteiger partial charge in [-0.2, -0.15) is 0 Å². The van der Waals surface area contributed by atoms with Crippen LogP contribution in [0.3, 0.4) is 0 Å². The third-order valence-corrected chi connectivity index (χ3v) is 3.43. The Morgan fingerprint density at radius 3 is 2.76 bits per heavy atom. The number of carbonyl (C=O) groups excluding carboxylic acids is 1. The average molecular weight is 219 g/mol. The quantitative estimate of drug-likeness (QED) is 0.559. The first kappa shape index (κ1) is 8.88.